The van der Waals surface area contributed by atoms with E-state index in [0.717, 1.165) is 18.7 Å². The molecule has 0 aliphatic rings. The van der Waals surface area contributed by atoms with Gasteiger partial charge in [0.25, 0.3) is 0 Å². The number of hydrogen-bond acceptors (Lipinski definition) is 3. The Balaban J connectivity index is 3.78. The van der Waals surface area contributed by atoms with E-state index in [9.17, 15) is 4.79 Å². The fourth-order valence-corrected chi connectivity index (χ4v) is 1.37. The zero-order valence-electron chi connectivity index (χ0n) is 8.59. The summed E-state index contributed by atoms with van der Waals surface area (Å²) in [5.74, 6) is 0.311. The molecule has 2 N–H and O–H groups in total. The van der Waals surface area contributed by atoms with Crippen LogP contribution in [0.5, 0.6) is 0 Å². The molecule has 1 atom stereocenters. The summed E-state index contributed by atoms with van der Waals surface area (Å²) in [6, 6.07) is 0. The summed E-state index contributed by atoms with van der Waals surface area (Å²) in [6.07, 6.45) is 3.68. The zero-order valence-corrected chi connectivity index (χ0v) is 9.41. The van der Waals surface area contributed by atoms with Crippen molar-refractivity contribution in [3.63, 3.8) is 0 Å². The Labute approximate surface area is 84.3 Å². The molecule has 78 valence electrons. The Kier molecular flexibility index (Phi) is 6.16. The molecule has 0 rings (SSSR count). The molecule has 0 saturated heterocycles. The van der Waals surface area contributed by atoms with Gasteiger partial charge in [-0.1, -0.05) is 6.92 Å². The fraction of sp³-hybridized carbons (Fsp3) is 0.889. The number of nitrogens with one attached hydrogen (secondary N) is 1. The molecule has 13 heavy (non-hydrogen) atoms. The molecule has 0 fully saturated rings. The van der Waals surface area contributed by atoms with Crippen LogP contribution in [0.4, 0.5) is 0 Å². The van der Waals surface area contributed by atoms with Crippen molar-refractivity contribution in [2.45, 2.75) is 32.2 Å². The molecule has 0 amide bonds. The van der Waals surface area contributed by atoms with E-state index in [1.165, 1.54) is 0 Å². The second kappa shape index (κ2) is 6.27. The molecular weight excluding hydrogens is 186 g/mol. The van der Waals surface area contributed by atoms with E-state index >= 15 is 0 Å². The van der Waals surface area contributed by atoms with E-state index in [2.05, 4.69) is 11.6 Å². The van der Waals surface area contributed by atoms with E-state index in [0.29, 0.717) is 6.42 Å². The lowest BCUT2D eigenvalue weighted by Crippen LogP contribution is -2.49. The van der Waals surface area contributed by atoms with Crippen LogP contribution in [0.25, 0.3) is 0 Å². The molecule has 0 bridgehead atoms. The lowest BCUT2D eigenvalue weighted by Gasteiger charge is -2.24. The number of aliphatic carboxylic acids is 1. The van der Waals surface area contributed by atoms with Crippen LogP contribution in [0, 0.1) is 0 Å². The molecule has 0 spiro atoms. The molecular formula is C9H19NO2S. The predicted molar refractivity (Wildman–Crippen MR) is 57.3 cm³/mol. The van der Waals surface area contributed by atoms with Crippen molar-refractivity contribution in [1.29, 1.82) is 0 Å². The van der Waals surface area contributed by atoms with Crippen molar-refractivity contribution in [2.75, 3.05) is 18.6 Å². The lowest BCUT2D eigenvalue weighted by atomic mass is 9.99. The standard InChI is InChI=1S/C9H19NO2S/c1-4-9(2,8(11)12)10-6-5-7-13-3/h10H,4-7H2,1-3H3,(H,11,12). The molecule has 0 heterocycles. The highest BCUT2D eigenvalue weighted by Crippen LogP contribution is 2.09. The van der Waals surface area contributed by atoms with E-state index in [-0.39, 0.29) is 0 Å². The Morgan fingerprint density at radius 1 is 1.62 bits per heavy atom. The number of carbonyl (C=O) groups is 1. The highest BCUT2D eigenvalue weighted by atomic mass is 32.2. The SMILES string of the molecule is CCC(C)(NCCCSC)C(=O)O. The first-order valence-corrected chi connectivity index (χ1v) is 5.93. The largest absolute Gasteiger partial charge is 0.480 e. The average Bonchev–Trinajstić information content (AvgIpc) is 2.12. The molecule has 0 radical (unpaired) electrons. The third-order valence-electron chi connectivity index (χ3n) is 2.22. The molecule has 0 aliphatic heterocycles. The van der Waals surface area contributed by atoms with Gasteiger partial charge < -0.3 is 10.4 Å². The molecule has 0 aromatic rings. The topological polar surface area (TPSA) is 49.3 Å². The summed E-state index contributed by atoms with van der Waals surface area (Å²) in [6.45, 7) is 4.39. The van der Waals surface area contributed by atoms with E-state index in [1.54, 1.807) is 18.7 Å². The van der Waals surface area contributed by atoms with E-state index in [1.807, 2.05) is 6.92 Å². The number of carboxylic acids is 1. The lowest BCUT2D eigenvalue weighted by molar-refractivity contribution is -0.144. The summed E-state index contributed by atoms with van der Waals surface area (Å²) >= 11 is 1.78. The molecule has 0 aromatic carbocycles. The van der Waals surface area contributed by atoms with Crippen LogP contribution in [-0.4, -0.2) is 35.2 Å². The van der Waals surface area contributed by atoms with Crippen LogP contribution in [-0.2, 0) is 4.79 Å². The van der Waals surface area contributed by atoms with Gasteiger partial charge in [0.15, 0.2) is 0 Å². The second-order valence-electron chi connectivity index (χ2n) is 3.26. The molecule has 3 nitrogen and oxygen atoms in total. The monoisotopic (exact) mass is 205 g/mol. The Morgan fingerprint density at radius 2 is 2.23 bits per heavy atom. The minimum atomic E-state index is -0.765. The third kappa shape index (κ3) is 4.52. The third-order valence-corrected chi connectivity index (χ3v) is 2.92. The van der Waals surface area contributed by atoms with Gasteiger partial charge in [0, 0.05) is 0 Å². The van der Waals surface area contributed by atoms with Gasteiger partial charge in [-0.25, -0.2) is 0 Å². The summed E-state index contributed by atoms with van der Waals surface area (Å²) in [4.78, 5) is 10.8. The maximum Gasteiger partial charge on any atom is 0.323 e. The van der Waals surface area contributed by atoms with E-state index < -0.39 is 11.5 Å². The highest BCUT2D eigenvalue weighted by Gasteiger charge is 2.29. The smallest absolute Gasteiger partial charge is 0.323 e. The second-order valence-corrected chi connectivity index (χ2v) is 4.25. The van der Waals surface area contributed by atoms with Gasteiger partial charge in [-0.15, -0.1) is 0 Å². The summed E-state index contributed by atoms with van der Waals surface area (Å²) in [5.41, 5.74) is -0.752. The van der Waals surface area contributed by atoms with Crippen LogP contribution in [0.15, 0.2) is 0 Å². The van der Waals surface area contributed by atoms with Crippen molar-refractivity contribution < 1.29 is 9.90 Å². The summed E-state index contributed by atoms with van der Waals surface area (Å²) in [5, 5.41) is 12.0. The maximum atomic E-state index is 10.8. The van der Waals surface area contributed by atoms with Crippen LogP contribution in [0.2, 0.25) is 0 Å². The van der Waals surface area contributed by atoms with Crippen molar-refractivity contribution in [3.05, 3.63) is 0 Å². The van der Waals surface area contributed by atoms with E-state index in [4.69, 9.17) is 5.11 Å². The molecule has 4 heteroatoms. The minimum Gasteiger partial charge on any atom is -0.480 e. The maximum absolute atomic E-state index is 10.8. The number of thioether (sulfide) groups is 1. The zero-order chi connectivity index (χ0) is 10.3. The van der Waals surface area contributed by atoms with Gasteiger partial charge in [0.2, 0.25) is 0 Å². The van der Waals surface area contributed by atoms with Gasteiger partial charge in [-0.2, -0.15) is 11.8 Å². The Hall–Kier alpha value is -0.220. The quantitative estimate of drug-likeness (QED) is 0.620. The van der Waals surface area contributed by atoms with Crippen molar-refractivity contribution in [3.8, 4) is 0 Å². The molecule has 0 aliphatic carbocycles. The van der Waals surface area contributed by atoms with Crippen molar-refractivity contribution in [1.82, 2.24) is 5.32 Å². The van der Waals surface area contributed by atoms with Gasteiger partial charge in [0.05, 0.1) is 0 Å². The first-order chi connectivity index (χ1) is 6.06. The number of hydrogen-bond donors (Lipinski definition) is 2. The first-order valence-electron chi connectivity index (χ1n) is 4.54. The molecule has 1 unspecified atom stereocenters. The van der Waals surface area contributed by atoms with Gasteiger partial charge >= 0.3 is 5.97 Å². The Bertz CT molecular complexity index is 164. The van der Waals surface area contributed by atoms with Gasteiger partial charge in [-0.3, -0.25) is 4.79 Å². The average molecular weight is 205 g/mol. The summed E-state index contributed by atoms with van der Waals surface area (Å²) in [7, 11) is 0. The number of rotatable bonds is 7. The Morgan fingerprint density at radius 3 is 2.62 bits per heavy atom. The van der Waals surface area contributed by atoms with Crippen molar-refractivity contribution >= 4 is 17.7 Å². The van der Waals surface area contributed by atoms with Gasteiger partial charge in [-0.05, 0) is 38.3 Å². The van der Waals surface area contributed by atoms with Crippen LogP contribution < -0.4 is 5.32 Å². The molecule has 0 aromatic heterocycles. The normalized spacial score (nSPS) is 15.3. The highest BCUT2D eigenvalue weighted by molar-refractivity contribution is 7.98. The minimum absolute atomic E-state index is 0.613. The molecule has 0 saturated carbocycles. The van der Waals surface area contributed by atoms with Gasteiger partial charge in [0.1, 0.15) is 5.54 Å². The number of carboxylic acid groups (broad SMARTS) is 1. The van der Waals surface area contributed by atoms with Crippen LogP contribution in [0.3, 0.4) is 0 Å². The predicted octanol–water partition coefficient (Wildman–Crippen LogP) is 1.58. The van der Waals surface area contributed by atoms with Crippen LogP contribution in [0.1, 0.15) is 26.7 Å². The van der Waals surface area contributed by atoms with Crippen molar-refractivity contribution in [2.24, 2.45) is 0 Å². The van der Waals surface area contributed by atoms with Crippen LogP contribution >= 0.6 is 11.8 Å². The fourth-order valence-electron chi connectivity index (χ4n) is 0.933. The summed E-state index contributed by atoms with van der Waals surface area (Å²) < 4.78 is 0. The first kappa shape index (κ1) is 12.8.